The van der Waals surface area contributed by atoms with Crippen LogP contribution in [0.3, 0.4) is 0 Å². The predicted molar refractivity (Wildman–Crippen MR) is 145 cm³/mol. The first-order chi connectivity index (χ1) is 17.4. The lowest BCUT2D eigenvalue weighted by molar-refractivity contribution is 0.0980. The third kappa shape index (κ3) is 3.78. The molecule has 0 N–H and O–H groups in total. The maximum atomic E-state index is 14.2. The van der Waals surface area contributed by atoms with Gasteiger partial charge in [0.05, 0.1) is 22.0 Å². The lowest BCUT2D eigenvalue weighted by atomic mass is 9.88. The molecule has 37 heavy (non-hydrogen) atoms. The first-order valence-corrected chi connectivity index (χ1v) is 12.6. The maximum absolute atomic E-state index is 14.2. The molecule has 1 aliphatic heterocycles. The number of hydrogen-bond acceptors (Lipinski definition) is 5. The number of rotatable bonds is 4. The van der Waals surface area contributed by atoms with Crippen LogP contribution in [-0.2, 0) is 12.6 Å². The molecular weight excluding hydrogens is 511 g/mol. The van der Waals surface area contributed by atoms with Gasteiger partial charge < -0.3 is 9.13 Å². The Morgan fingerprint density at radius 1 is 1.00 bits per heavy atom. The van der Waals surface area contributed by atoms with E-state index >= 15 is 0 Å². The maximum Gasteiger partial charge on any atom is 0.280 e. The van der Waals surface area contributed by atoms with Crippen molar-refractivity contribution in [3.63, 3.8) is 0 Å². The third-order valence-electron chi connectivity index (χ3n) is 6.86. The van der Waals surface area contributed by atoms with E-state index in [0.29, 0.717) is 27.4 Å². The van der Waals surface area contributed by atoms with Gasteiger partial charge in [-0.05, 0) is 58.4 Å². The van der Waals surface area contributed by atoms with Crippen molar-refractivity contribution in [3.8, 4) is 11.4 Å². The molecule has 0 aliphatic carbocycles. The Morgan fingerprint density at radius 3 is 2.30 bits per heavy atom. The number of amides is 1. The number of imidazole rings is 1. The molecule has 4 heterocycles. The van der Waals surface area contributed by atoms with Crippen LogP contribution in [0.5, 0.6) is 0 Å². The molecule has 0 spiro atoms. The summed E-state index contributed by atoms with van der Waals surface area (Å²) in [5.41, 5.74) is 1.95. The van der Waals surface area contributed by atoms with E-state index in [-0.39, 0.29) is 23.0 Å². The van der Waals surface area contributed by atoms with E-state index in [4.69, 9.17) is 28.2 Å². The van der Waals surface area contributed by atoms with Crippen molar-refractivity contribution in [2.24, 2.45) is 7.05 Å². The normalized spacial score (nSPS) is 17.1. The van der Waals surface area contributed by atoms with Crippen LogP contribution in [0.15, 0.2) is 47.5 Å². The number of anilines is 1. The molecule has 10 heteroatoms. The van der Waals surface area contributed by atoms with Gasteiger partial charge in [0.15, 0.2) is 5.69 Å². The number of hydrogen-bond donors (Lipinski definition) is 0. The van der Waals surface area contributed by atoms with Gasteiger partial charge in [-0.2, -0.15) is 0 Å². The molecule has 1 amide bonds. The fourth-order valence-electron chi connectivity index (χ4n) is 5.16. The summed E-state index contributed by atoms with van der Waals surface area (Å²) < 4.78 is 3.41. The monoisotopic (exact) mass is 536 g/mol. The summed E-state index contributed by atoms with van der Waals surface area (Å²) in [4.78, 5) is 42.8. The summed E-state index contributed by atoms with van der Waals surface area (Å²) >= 11 is 12.6. The summed E-state index contributed by atoms with van der Waals surface area (Å²) in [6, 6.07) is 8.73. The third-order valence-corrected chi connectivity index (χ3v) is 7.32. The summed E-state index contributed by atoms with van der Waals surface area (Å²) in [5, 5.41) is 0.903. The number of benzene rings is 1. The molecule has 5 rings (SSSR count). The van der Waals surface area contributed by atoms with Crippen LogP contribution in [0.2, 0.25) is 10.0 Å². The highest BCUT2D eigenvalue weighted by Crippen LogP contribution is 2.48. The van der Waals surface area contributed by atoms with Crippen LogP contribution >= 0.6 is 23.2 Å². The largest absolute Gasteiger partial charge is 0.322 e. The van der Waals surface area contributed by atoms with Crippen molar-refractivity contribution < 1.29 is 4.79 Å². The van der Waals surface area contributed by atoms with E-state index in [2.05, 4.69) is 9.97 Å². The first-order valence-electron chi connectivity index (χ1n) is 11.8. The second-order valence-corrected chi connectivity index (χ2v) is 10.6. The average Bonchev–Trinajstić information content (AvgIpc) is 3.32. The van der Waals surface area contributed by atoms with E-state index in [1.165, 1.54) is 21.7 Å². The molecule has 0 radical (unpaired) electrons. The van der Waals surface area contributed by atoms with Crippen molar-refractivity contribution in [1.82, 2.24) is 24.1 Å². The molecule has 0 fully saturated rings. The fourth-order valence-corrected chi connectivity index (χ4v) is 5.54. The van der Waals surface area contributed by atoms with Crippen LogP contribution in [-0.4, -0.2) is 30.0 Å². The quantitative estimate of drug-likeness (QED) is 0.345. The second kappa shape index (κ2) is 8.82. The highest BCUT2D eigenvalue weighted by molar-refractivity contribution is 6.31. The number of aryl methyl sites for hydroxylation is 3. The Labute approximate surface area is 224 Å². The molecule has 190 valence electrons. The zero-order chi connectivity index (χ0) is 26.8. The second-order valence-electron chi connectivity index (χ2n) is 9.69. The summed E-state index contributed by atoms with van der Waals surface area (Å²) in [6.45, 7) is 9.71. The Morgan fingerprint density at radius 2 is 1.68 bits per heavy atom. The Hall–Kier alpha value is -3.49. The van der Waals surface area contributed by atoms with E-state index in [0.717, 1.165) is 16.8 Å². The van der Waals surface area contributed by atoms with Crippen molar-refractivity contribution >= 4 is 34.8 Å². The molecule has 1 atom stereocenters. The minimum absolute atomic E-state index is 0.0754. The predicted octanol–water partition coefficient (Wildman–Crippen LogP) is 5.47. The van der Waals surface area contributed by atoms with Gasteiger partial charge in [-0.25, -0.2) is 15.0 Å². The fraction of sp³-hybridized carbons (Fsp3) is 0.296. The Balaban J connectivity index is 1.87. The topological polar surface area (TPSA) is 85.9 Å². The molecule has 4 aromatic rings. The molecule has 0 bridgehead atoms. The van der Waals surface area contributed by atoms with E-state index in [1.807, 2.05) is 51.3 Å². The van der Waals surface area contributed by atoms with Crippen LogP contribution in [0.25, 0.3) is 11.4 Å². The van der Waals surface area contributed by atoms with Gasteiger partial charge in [-0.15, -0.1) is 0 Å². The van der Waals surface area contributed by atoms with Gasteiger partial charge in [0, 0.05) is 30.5 Å². The van der Waals surface area contributed by atoms with Gasteiger partial charge in [0.25, 0.3) is 11.5 Å². The molecule has 0 saturated carbocycles. The number of nitrogens with zero attached hydrogens (tertiary/aromatic N) is 6. The Kier molecular flexibility index (Phi) is 6.00. The highest BCUT2D eigenvalue weighted by atomic mass is 35.5. The Bertz CT molecular complexity index is 1620. The minimum atomic E-state index is -1.09. The number of halogens is 2. The zero-order valence-electron chi connectivity index (χ0n) is 21.4. The van der Waals surface area contributed by atoms with Gasteiger partial charge >= 0.3 is 0 Å². The number of fused-ring (bicyclic) bond motifs is 1. The molecule has 3 aromatic heterocycles. The zero-order valence-corrected chi connectivity index (χ0v) is 22.9. The summed E-state index contributed by atoms with van der Waals surface area (Å²) in [5.74, 6) is 0.865. The molecule has 1 aliphatic rings. The number of aromatic nitrogens is 5. The number of pyridine rings is 1. The van der Waals surface area contributed by atoms with Crippen LogP contribution in [0.4, 0.5) is 5.69 Å². The van der Waals surface area contributed by atoms with Crippen molar-refractivity contribution in [1.29, 1.82) is 0 Å². The molecular formula is C27H26Cl2N6O2. The van der Waals surface area contributed by atoms with Crippen molar-refractivity contribution in [3.05, 3.63) is 91.6 Å². The van der Waals surface area contributed by atoms with Gasteiger partial charge in [0.1, 0.15) is 22.9 Å². The van der Waals surface area contributed by atoms with Crippen LogP contribution in [0, 0.1) is 13.8 Å². The standard InChI is InChI=1S/C27H26Cl2N6O2/c1-14(2)34-23-22(32-24(34)20-12-30-16(4)31-15(20)3)26(37)35(21-11-19(29)13-33(6)25(21)36)27(23,5)17-7-9-18(28)10-8-17/h7-14H,1-6H3. The van der Waals surface area contributed by atoms with Gasteiger partial charge in [-0.1, -0.05) is 35.3 Å². The lowest BCUT2D eigenvalue weighted by Crippen LogP contribution is -2.47. The lowest BCUT2D eigenvalue weighted by Gasteiger charge is -2.37. The highest BCUT2D eigenvalue weighted by Gasteiger charge is 2.54. The van der Waals surface area contributed by atoms with Crippen molar-refractivity contribution in [2.75, 3.05) is 4.90 Å². The summed E-state index contributed by atoms with van der Waals surface area (Å²) in [6.07, 6.45) is 3.26. The van der Waals surface area contributed by atoms with E-state index < -0.39 is 11.4 Å². The number of carbonyl (C=O) groups excluding carboxylic acids is 1. The van der Waals surface area contributed by atoms with Crippen LogP contribution < -0.4 is 10.5 Å². The first kappa shape index (κ1) is 25.2. The van der Waals surface area contributed by atoms with E-state index in [9.17, 15) is 9.59 Å². The molecule has 1 aromatic carbocycles. The van der Waals surface area contributed by atoms with Gasteiger partial charge in [-0.3, -0.25) is 14.5 Å². The van der Waals surface area contributed by atoms with Gasteiger partial charge in [0.2, 0.25) is 0 Å². The minimum Gasteiger partial charge on any atom is -0.322 e. The SMILES string of the molecule is Cc1ncc(-c2nc3c(n2C(C)C)C(C)(c2ccc(Cl)cc2)N(c2cc(Cl)cn(C)c2=O)C3=O)c(C)n1. The summed E-state index contributed by atoms with van der Waals surface area (Å²) in [7, 11) is 1.61. The molecule has 1 unspecified atom stereocenters. The van der Waals surface area contributed by atoms with E-state index in [1.54, 1.807) is 25.4 Å². The smallest absolute Gasteiger partial charge is 0.280 e. The van der Waals surface area contributed by atoms with Crippen molar-refractivity contribution in [2.45, 2.75) is 46.2 Å². The number of carbonyl (C=O) groups is 1. The van der Waals surface area contributed by atoms with Crippen LogP contribution in [0.1, 0.15) is 60.1 Å². The average molecular weight is 537 g/mol. The molecule has 0 saturated heterocycles. The molecule has 8 nitrogen and oxygen atoms in total.